The molecule has 2 heterocycles. The molecule has 1 N–H and O–H groups in total. The van der Waals surface area contributed by atoms with E-state index in [0.29, 0.717) is 12.0 Å². The molecule has 1 saturated heterocycles. The lowest BCUT2D eigenvalue weighted by atomic mass is 10.0. The third kappa shape index (κ3) is 2.16. The summed E-state index contributed by atoms with van der Waals surface area (Å²) in [5.41, 5.74) is 0. The molecule has 3 rings (SSSR count). The first-order valence-corrected chi connectivity index (χ1v) is 6.40. The van der Waals surface area contributed by atoms with Crippen LogP contribution in [0.3, 0.4) is 0 Å². The Hall–Kier alpha value is -1.68. The van der Waals surface area contributed by atoms with Gasteiger partial charge in [-0.15, -0.1) is 5.10 Å². The molecule has 1 aliphatic heterocycles. The van der Waals surface area contributed by atoms with Crippen molar-refractivity contribution in [3.63, 3.8) is 0 Å². The number of benzene rings is 1. The summed E-state index contributed by atoms with van der Waals surface area (Å²) < 4.78 is 5.57. The Morgan fingerprint density at radius 3 is 3.11 bits per heavy atom. The summed E-state index contributed by atoms with van der Waals surface area (Å²) >= 11 is 0. The van der Waals surface area contributed by atoms with Crippen LogP contribution < -0.4 is 5.32 Å². The van der Waals surface area contributed by atoms with E-state index >= 15 is 0 Å². The van der Waals surface area contributed by atoms with E-state index < -0.39 is 0 Å². The number of ether oxygens (including phenoxy) is 1. The molecule has 0 aliphatic carbocycles. The highest BCUT2D eigenvalue weighted by Crippen LogP contribution is 2.23. The van der Waals surface area contributed by atoms with Crippen LogP contribution in [-0.2, 0) is 4.74 Å². The number of nitrogens with one attached hydrogen (secondary N) is 1. The second-order valence-corrected chi connectivity index (χ2v) is 4.79. The highest BCUT2D eigenvalue weighted by atomic mass is 16.5. The molecular formula is C14H17N3O. The molecular weight excluding hydrogens is 226 g/mol. The molecule has 0 radical (unpaired) electrons. The molecule has 4 nitrogen and oxygen atoms in total. The van der Waals surface area contributed by atoms with Crippen molar-refractivity contribution < 1.29 is 4.74 Å². The van der Waals surface area contributed by atoms with Crippen LogP contribution in [0.1, 0.15) is 13.3 Å². The van der Waals surface area contributed by atoms with Crippen LogP contribution in [0.2, 0.25) is 0 Å². The molecule has 0 bridgehead atoms. The van der Waals surface area contributed by atoms with E-state index in [-0.39, 0.29) is 0 Å². The van der Waals surface area contributed by atoms with Gasteiger partial charge in [0.05, 0.1) is 12.3 Å². The lowest BCUT2D eigenvalue weighted by Crippen LogP contribution is -2.21. The van der Waals surface area contributed by atoms with Gasteiger partial charge in [0.2, 0.25) is 0 Å². The third-order valence-corrected chi connectivity index (χ3v) is 3.64. The maximum Gasteiger partial charge on any atom is 0.156 e. The molecule has 2 atom stereocenters. The molecule has 1 fully saturated rings. The Morgan fingerprint density at radius 2 is 2.28 bits per heavy atom. The first kappa shape index (κ1) is 11.4. The molecule has 1 aliphatic rings. The first-order valence-electron chi connectivity index (χ1n) is 6.40. The van der Waals surface area contributed by atoms with Gasteiger partial charge >= 0.3 is 0 Å². The third-order valence-electron chi connectivity index (χ3n) is 3.64. The number of anilines is 1. The van der Waals surface area contributed by atoms with Crippen LogP contribution >= 0.6 is 0 Å². The normalized spacial score (nSPS) is 23.4. The molecule has 2 unspecified atom stereocenters. The van der Waals surface area contributed by atoms with Gasteiger partial charge in [-0.2, -0.15) is 5.10 Å². The van der Waals surface area contributed by atoms with Crippen LogP contribution in [0.25, 0.3) is 10.8 Å². The SMILES string of the molecule is CC1OCCC1CNc1nncc2ccccc12. The van der Waals surface area contributed by atoms with Gasteiger partial charge in [-0.1, -0.05) is 24.3 Å². The van der Waals surface area contributed by atoms with Gasteiger partial charge in [0.25, 0.3) is 0 Å². The van der Waals surface area contributed by atoms with Crippen molar-refractivity contribution in [1.82, 2.24) is 10.2 Å². The van der Waals surface area contributed by atoms with Crippen LogP contribution in [0.5, 0.6) is 0 Å². The predicted molar refractivity (Wildman–Crippen MR) is 71.5 cm³/mol. The molecule has 0 spiro atoms. The Bertz CT molecular complexity index is 538. The Morgan fingerprint density at radius 1 is 1.39 bits per heavy atom. The zero-order valence-electron chi connectivity index (χ0n) is 10.5. The lowest BCUT2D eigenvalue weighted by molar-refractivity contribution is 0.108. The van der Waals surface area contributed by atoms with Crippen molar-refractivity contribution in [2.24, 2.45) is 5.92 Å². The standard InChI is InChI=1S/C14H17N3O/c1-10-11(6-7-18-10)8-15-14-13-5-3-2-4-12(13)9-16-17-14/h2-5,9-11H,6-8H2,1H3,(H,15,17). The van der Waals surface area contributed by atoms with Crippen molar-refractivity contribution in [2.75, 3.05) is 18.5 Å². The van der Waals surface area contributed by atoms with E-state index in [1.807, 2.05) is 12.1 Å². The number of hydrogen-bond acceptors (Lipinski definition) is 4. The topological polar surface area (TPSA) is 47.0 Å². The zero-order valence-corrected chi connectivity index (χ0v) is 10.5. The lowest BCUT2D eigenvalue weighted by Gasteiger charge is -2.15. The summed E-state index contributed by atoms with van der Waals surface area (Å²) in [6.07, 6.45) is 3.24. The van der Waals surface area contributed by atoms with Gasteiger partial charge in [-0.3, -0.25) is 0 Å². The van der Waals surface area contributed by atoms with Crippen molar-refractivity contribution in [3.05, 3.63) is 30.5 Å². The molecule has 1 aromatic carbocycles. The second-order valence-electron chi connectivity index (χ2n) is 4.79. The van der Waals surface area contributed by atoms with Crippen LogP contribution in [-0.4, -0.2) is 29.5 Å². The van der Waals surface area contributed by atoms with Crippen molar-refractivity contribution in [2.45, 2.75) is 19.4 Å². The Labute approximate surface area is 106 Å². The quantitative estimate of drug-likeness (QED) is 0.899. The minimum absolute atomic E-state index is 0.334. The summed E-state index contributed by atoms with van der Waals surface area (Å²) in [5.74, 6) is 1.43. The summed E-state index contributed by atoms with van der Waals surface area (Å²) in [4.78, 5) is 0. The molecule has 18 heavy (non-hydrogen) atoms. The fourth-order valence-corrected chi connectivity index (χ4v) is 2.43. The minimum atomic E-state index is 0.334. The minimum Gasteiger partial charge on any atom is -0.378 e. The van der Waals surface area contributed by atoms with Gasteiger partial charge in [0, 0.05) is 29.8 Å². The second kappa shape index (κ2) is 4.90. The van der Waals surface area contributed by atoms with Crippen molar-refractivity contribution >= 4 is 16.6 Å². The van der Waals surface area contributed by atoms with Gasteiger partial charge in [-0.25, -0.2) is 0 Å². The molecule has 2 aromatic rings. The average molecular weight is 243 g/mol. The van der Waals surface area contributed by atoms with Crippen LogP contribution in [0, 0.1) is 5.92 Å². The predicted octanol–water partition coefficient (Wildman–Crippen LogP) is 2.47. The fraction of sp³-hybridized carbons (Fsp3) is 0.429. The van der Waals surface area contributed by atoms with E-state index in [1.165, 1.54) is 0 Å². The van der Waals surface area contributed by atoms with Gasteiger partial charge < -0.3 is 10.1 Å². The summed E-state index contributed by atoms with van der Waals surface area (Å²) in [6, 6.07) is 8.16. The number of hydrogen-bond donors (Lipinski definition) is 1. The first-order chi connectivity index (χ1) is 8.84. The van der Waals surface area contributed by atoms with E-state index in [2.05, 4.69) is 34.6 Å². The molecule has 0 saturated carbocycles. The fourth-order valence-electron chi connectivity index (χ4n) is 2.43. The summed E-state index contributed by atoms with van der Waals surface area (Å²) in [6.45, 7) is 3.90. The van der Waals surface area contributed by atoms with E-state index in [9.17, 15) is 0 Å². The Kier molecular flexibility index (Phi) is 3.11. The van der Waals surface area contributed by atoms with E-state index in [1.54, 1.807) is 6.20 Å². The number of rotatable bonds is 3. The van der Waals surface area contributed by atoms with Crippen LogP contribution in [0.15, 0.2) is 30.5 Å². The monoisotopic (exact) mass is 243 g/mol. The van der Waals surface area contributed by atoms with Crippen LogP contribution in [0.4, 0.5) is 5.82 Å². The maximum atomic E-state index is 5.57. The van der Waals surface area contributed by atoms with E-state index in [4.69, 9.17) is 4.74 Å². The molecule has 0 amide bonds. The maximum absolute atomic E-state index is 5.57. The smallest absolute Gasteiger partial charge is 0.156 e. The Balaban J connectivity index is 1.78. The number of nitrogens with zero attached hydrogens (tertiary/aromatic N) is 2. The van der Waals surface area contributed by atoms with Gasteiger partial charge in [0.1, 0.15) is 0 Å². The number of fused-ring (bicyclic) bond motifs is 1. The summed E-state index contributed by atoms with van der Waals surface area (Å²) in [5, 5.41) is 13.9. The average Bonchev–Trinajstić information content (AvgIpc) is 2.82. The van der Waals surface area contributed by atoms with Crippen molar-refractivity contribution in [1.29, 1.82) is 0 Å². The van der Waals surface area contributed by atoms with Crippen molar-refractivity contribution in [3.8, 4) is 0 Å². The molecule has 4 heteroatoms. The molecule has 1 aromatic heterocycles. The largest absolute Gasteiger partial charge is 0.378 e. The van der Waals surface area contributed by atoms with E-state index in [0.717, 1.165) is 36.2 Å². The van der Waals surface area contributed by atoms with Gasteiger partial charge in [-0.05, 0) is 13.3 Å². The number of aromatic nitrogens is 2. The zero-order chi connectivity index (χ0) is 12.4. The summed E-state index contributed by atoms with van der Waals surface area (Å²) in [7, 11) is 0. The molecule has 94 valence electrons. The highest BCUT2D eigenvalue weighted by molar-refractivity contribution is 5.90. The van der Waals surface area contributed by atoms with Gasteiger partial charge in [0.15, 0.2) is 5.82 Å². The highest BCUT2D eigenvalue weighted by Gasteiger charge is 2.23.